The van der Waals surface area contributed by atoms with Gasteiger partial charge in [0.1, 0.15) is 6.04 Å². The van der Waals surface area contributed by atoms with Crippen molar-refractivity contribution in [3.63, 3.8) is 0 Å². The van der Waals surface area contributed by atoms with Gasteiger partial charge in [-0.2, -0.15) is 0 Å². The van der Waals surface area contributed by atoms with Crippen LogP contribution >= 0.6 is 0 Å². The van der Waals surface area contributed by atoms with Crippen LogP contribution in [0.2, 0.25) is 0 Å². The van der Waals surface area contributed by atoms with E-state index in [9.17, 15) is 4.79 Å². The lowest BCUT2D eigenvalue weighted by Crippen LogP contribution is -2.33. The van der Waals surface area contributed by atoms with Crippen molar-refractivity contribution in [3.05, 3.63) is 0 Å². The van der Waals surface area contributed by atoms with Crippen molar-refractivity contribution in [1.82, 2.24) is 5.32 Å². The average Bonchev–Trinajstić information content (AvgIpc) is 2.51. The number of rotatable bonds is 3. The predicted octanol–water partition coefficient (Wildman–Crippen LogP) is 0.938. The van der Waals surface area contributed by atoms with Gasteiger partial charge in [-0.15, -0.1) is 0 Å². The molecule has 0 aromatic carbocycles. The molecule has 1 heterocycles. The smallest absolute Gasteiger partial charge is 0.323 e. The third-order valence-corrected chi connectivity index (χ3v) is 1.90. The van der Waals surface area contributed by atoms with Crippen LogP contribution in [0, 0.1) is 5.92 Å². The molecule has 0 amide bonds. The van der Waals surface area contributed by atoms with E-state index in [1.807, 2.05) is 13.8 Å². The first-order valence-electron chi connectivity index (χ1n) is 4.60. The first kappa shape index (κ1) is 9.52. The molecule has 0 spiro atoms. The van der Waals surface area contributed by atoms with Gasteiger partial charge < -0.3 is 10.1 Å². The molecule has 70 valence electrons. The number of carbonyl (C=O) groups is 1. The zero-order chi connectivity index (χ0) is 8.97. The molecule has 1 N–H and O–H groups in total. The molecule has 3 heteroatoms. The Morgan fingerprint density at radius 2 is 2.42 bits per heavy atom. The monoisotopic (exact) mass is 171 g/mol. The maximum absolute atomic E-state index is 11.3. The van der Waals surface area contributed by atoms with Crippen LogP contribution in [-0.4, -0.2) is 25.2 Å². The van der Waals surface area contributed by atoms with Crippen molar-refractivity contribution < 1.29 is 9.53 Å². The fourth-order valence-corrected chi connectivity index (χ4v) is 1.24. The van der Waals surface area contributed by atoms with Gasteiger partial charge in [-0.1, -0.05) is 13.8 Å². The zero-order valence-electron chi connectivity index (χ0n) is 7.80. The summed E-state index contributed by atoms with van der Waals surface area (Å²) in [6.07, 6.45) is 2.01. The lowest BCUT2D eigenvalue weighted by atomic mass is 10.2. The Balaban J connectivity index is 2.18. The maximum atomic E-state index is 11.3. The second kappa shape index (κ2) is 4.45. The van der Waals surface area contributed by atoms with Crippen LogP contribution in [0.4, 0.5) is 0 Å². The third-order valence-electron chi connectivity index (χ3n) is 1.90. The molecule has 0 aromatic rings. The van der Waals surface area contributed by atoms with Crippen molar-refractivity contribution in [1.29, 1.82) is 0 Å². The molecule has 0 saturated carbocycles. The average molecular weight is 171 g/mol. The molecule has 0 aromatic heterocycles. The molecule has 1 rings (SSSR count). The van der Waals surface area contributed by atoms with Crippen LogP contribution in [0.1, 0.15) is 26.7 Å². The quantitative estimate of drug-likeness (QED) is 0.642. The fourth-order valence-electron chi connectivity index (χ4n) is 1.24. The normalized spacial score (nSPS) is 23.1. The Kier molecular flexibility index (Phi) is 3.53. The molecule has 1 aliphatic rings. The summed E-state index contributed by atoms with van der Waals surface area (Å²) in [5.41, 5.74) is 0. The minimum atomic E-state index is -0.0822. The number of hydrogen-bond acceptors (Lipinski definition) is 3. The number of nitrogens with one attached hydrogen (secondary N) is 1. The summed E-state index contributed by atoms with van der Waals surface area (Å²) in [6.45, 7) is 5.56. The summed E-state index contributed by atoms with van der Waals surface area (Å²) >= 11 is 0. The van der Waals surface area contributed by atoms with E-state index in [0.717, 1.165) is 19.4 Å². The lowest BCUT2D eigenvalue weighted by molar-refractivity contribution is -0.146. The molecule has 12 heavy (non-hydrogen) atoms. The molecule has 1 saturated heterocycles. The number of esters is 1. The first-order valence-corrected chi connectivity index (χ1v) is 4.60. The Bertz CT molecular complexity index is 151. The van der Waals surface area contributed by atoms with Crippen molar-refractivity contribution in [2.75, 3.05) is 13.2 Å². The Labute approximate surface area is 73.5 Å². The van der Waals surface area contributed by atoms with Crippen LogP contribution in [0.3, 0.4) is 0 Å². The van der Waals surface area contributed by atoms with E-state index in [-0.39, 0.29) is 12.0 Å². The van der Waals surface area contributed by atoms with Gasteiger partial charge in [0.15, 0.2) is 0 Å². The van der Waals surface area contributed by atoms with Crippen LogP contribution in [0.15, 0.2) is 0 Å². The van der Waals surface area contributed by atoms with Gasteiger partial charge in [0.25, 0.3) is 0 Å². The summed E-state index contributed by atoms with van der Waals surface area (Å²) in [4.78, 5) is 11.3. The fraction of sp³-hybridized carbons (Fsp3) is 0.889. The Morgan fingerprint density at radius 1 is 1.67 bits per heavy atom. The molecule has 1 aliphatic heterocycles. The van der Waals surface area contributed by atoms with Crippen molar-refractivity contribution in [2.45, 2.75) is 32.7 Å². The second-order valence-corrected chi connectivity index (χ2v) is 3.67. The number of ether oxygens (including phenoxy) is 1. The van der Waals surface area contributed by atoms with Gasteiger partial charge in [-0.3, -0.25) is 4.79 Å². The largest absolute Gasteiger partial charge is 0.464 e. The SMILES string of the molecule is CC(C)COC(=O)C1CCCN1. The Hall–Kier alpha value is -0.570. The predicted molar refractivity (Wildman–Crippen MR) is 46.8 cm³/mol. The maximum Gasteiger partial charge on any atom is 0.323 e. The standard InChI is InChI=1S/C9H17NO2/c1-7(2)6-12-9(11)8-4-3-5-10-8/h7-8,10H,3-6H2,1-2H3. The minimum absolute atomic E-state index is 0.0382. The van der Waals surface area contributed by atoms with E-state index in [4.69, 9.17) is 4.74 Å². The van der Waals surface area contributed by atoms with Crippen molar-refractivity contribution in [3.8, 4) is 0 Å². The number of carbonyl (C=O) groups excluding carboxylic acids is 1. The second-order valence-electron chi connectivity index (χ2n) is 3.67. The molecule has 1 unspecified atom stereocenters. The van der Waals surface area contributed by atoms with E-state index in [2.05, 4.69) is 5.32 Å². The summed E-state index contributed by atoms with van der Waals surface area (Å²) in [7, 11) is 0. The molecule has 0 radical (unpaired) electrons. The van der Waals surface area contributed by atoms with E-state index in [0.29, 0.717) is 12.5 Å². The first-order chi connectivity index (χ1) is 5.70. The van der Waals surface area contributed by atoms with E-state index >= 15 is 0 Å². The molecule has 0 aliphatic carbocycles. The topological polar surface area (TPSA) is 38.3 Å². The van der Waals surface area contributed by atoms with Crippen LogP contribution in [-0.2, 0) is 9.53 Å². The third kappa shape index (κ3) is 2.81. The molecule has 3 nitrogen and oxygen atoms in total. The molecular weight excluding hydrogens is 154 g/mol. The highest BCUT2D eigenvalue weighted by molar-refractivity contribution is 5.76. The lowest BCUT2D eigenvalue weighted by Gasteiger charge is -2.11. The van der Waals surface area contributed by atoms with Gasteiger partial charge in [-0.25, -0.2) is 0 Å². The van der Waals surface area contributed by atoms with E-state index < -0.39 is 0 Å². The van der Waals surface area contributed by atoms with Gasteiger partial charge in [-0.05, 0) is 25.3 Å². The summed E-state index contributed by atoms with van der Waals surface area (Å²) in [5, 5.41) is 3.11. The molecule has 1 fully saturated rings. The van der Waals surface area contributed by atoms with E-state index in [1.165, 1.54) is 0 Å². The molecule has 0 bridgehead atoms. The summed E-state index contributed by atoms with van der Waals surface area (Å²) in [6, 6.07) is -0.0382. The van der Waals surface area contributed by atoms with Crippen LogP contribution < -0.4 is 5.32 Å². The van der Waals surface area contributed by atoms with Crippen molar-refractivity contribution in [2.24, 2.45) is 5.92 Å². The minimum Gasteiger partial charge on any atom is -0.464 e. The van der Waals surface area contributed by atoms with Crippen LogP contribution in [0.5, 0.6) is 0 Å². The van der Waals surface area contributed by atoms with Gasteiger partial charge in [0, 0.05) is 0 Å². The van der Waals surface area contributed by atoms with Crippen molar-refractivity contribution >= 4 is 5.97 Å². The van der Waals surface area contributed by atoms with Crippen LogP contribution in [0.25, 0.3) is 0 Å². The summed E-state index contributed by atoms with van der Waals surface area (Å²) in [5.74, 6) is 0.344. The molecular formula is C9H17NO2. The molecule has 1 atom stereocenters. The van der Waals surface area contributed by atoms with Gasteiger partial charge in [0.2, 0.25) is 0 Å². The highest BCUT2D eigenvalue weighted by Crippen LogP contribution is 2.07. The Morgan fingerprint density at radius 3 is 2.92 bits per heavy atom. The highest BCUT2D eigenvalue weighted by atomic mass is 16.5. The zero-order valence-corrected chi connectivity index (χ0v) is 7.80. The highest BCUT2D eigenvalue weighted by Gasteiger charge is 2.23. The number of hydrogen-bond donors (Lipinski definition) is 1. The summed E-state index contributed by atoms with van der Waals surface area (Å²) < 4.78 is 5.09. The van der Waals surface area contributed by atoms with E-state index in [1.54, 1.807) is 0 Å². The van der Waals surface area contributed by atoms with Gasteiger partial charge >= 0.3 is 5.97 Å². The van der Waals surface area contributed by atoms with Gasteiger partial charge in [0.05, 0.1) is 6.61 Å².